The molecule has 1 unspecified atom stereocenters. The molecular weight excluding hydrogens is 250 g/mol. The molecule has 6 heteroatoms. The maximum Gasteiger partial charge on any atom is 0.280 e. The molecule has 2 aliphatic rings. The molecule has 2 N–H and O–H groups in total. The topological polar surface area (TPSA) is 61.4 Å². The van der Waals surface area contributed by atoms with Gasteiger partial charge in [0.1, 0.15) is 0 Å². The molecule has 1 saturated carbocycles. The summed E-state index contributed by atoms with van der Waals surface area (Å²) >= 11 is 0. The zero-order chi connectivity index (χ0) is 13.2. The maximum absolute atomic E-state index is 12.5. The van der Waals surface area contributed by atoms with Gasteiger partial charge < -0.3 is 5.32 Å². The second-order valence-electron chi connectivity index (χ2n) is 5.84. The summed E-state index contributed by atoms with van der Waals surface area (Å²) in [6, 6.07) is 0.102. The molecule has 1 atom stereocenters. The normalized spacial score (nSPS) is 28.9. The van der Waals surface area contributed by atoms with Crippen LogP contribution in [0.25, 0.3) is 0 Å². The summed E-state index contributed by atoms with van der Waals surface area (Å²) in [5.41, 5.74) is -0.208. The van der Waals surface area contributed by atoms with Gasteiger partial charge in [0.25, 0.3) is 10.2 Å². The second kappa shape index (κ2) is 5.45. The van der Waals surface area contributed by atoms with Gasteiger partial charge in [-0.25, -0.2) is 0 Å². The van der Waals surface area contributed by atoms with Crippen LogP contribution in [-0.4, -0.2) is 44.4 Å². The molecule has 2 fully saturated rings. The highest BCUT2D eigenvalue weighted by molar-refractivity contribution is 7.87. The minimum absolute atomic E-state index is 0.102. The van der Waals surface area contributed by atoms with Crippen molar-refractivity contribution in [2.75, 3.05) is 20.1 Å². The molecule has 0 amide bonds. The van der Waals surface area contributed by atoms with E-state index in [-0.39, 0.29) is 11.6 Å². The molecule has 0 aromatic rings. The standard InChI is InChI=1S/C12H25N3O2S/c1-12(7-5-8-12)14-18(16,17)15-9-4-3-6-11(15)10-13-2/h11,13-14H,3-10H2,1-2H3. The average Bonchev–Trinajstić information content (AvgIpc) is 2.27. The average molecular weight is 275 g/mol. The largest absolute Gasteiger partial charge is 0.318 e. The third-order valence-electron chi connectivity index (χ3n) is 4.15. The smallest absolute Gasteiger partial charge is 0.280 e. The van der Waals surface area contributed by atoms with Crippen molar-refractivity contribution >= 4 is 10.2 Å². The van der Waals surface area contributed by atoms with Gasteiger partial charge in [-0.2, -0.15) is 17.4 Å². The Labute approximate surface area is 110 Å². The molecule has 106 valence electrons. The Kier molecular flexibility index (Phi) is 4.31. The van der Waals surface area contributed by atoms with Crippen LogP contribution in [0.2, 0.25) is 0 Å². The van der Waals surface area contributed by atoms with Crippen molar-refractivity contribution in [1.82, 2.24) is 14.3 Å². The van der Waals surface area contributed by atoms with Crippen LogP contribution in [0.1, 0.15) is 45.4 Å². The zero-order valence-corrected chi connectivity index (χ0v) is 12.2. The van der Waals surface area contributed by atoms with E-state index in [9.17, 15) is 8.42 Å². The van der Waals surface area contributed by atoms with Gasteiger partial charge in [0.2, 0.25) is 0 Å². The van der Waals surface area contributed by atoms with Crippen LogP contribution in [0.4, 0.5) is 0 Å². The third-order valence-corrected chi connectivity index (χ3v) is 6.00. The van der Waals surface area contributed by atoms with Crippen molar-refractivity contribution in [3.05, 3.63) is 0 Å². The number of rotatable bonds is 5. The molecule has 5 nitrogen and oxygen atoms in total. The minimum atomic E-state index is -3.33. The number of nitrogens with one attached hydrogen (secondary N) is 2. The van der Waals surface area contributed by atoms with Crippen LogP contribution in [0.3, 0.4) is 0 Å². The quantitative estimate of drug-likeness (QED) is 0.781. The second-order valence-corrected chi connectivity index (χ2v) is 7.46. The Bertz CT molecular complexity index is 377. The summed E-state index contributed by atoms with van der Waals surface area (Å²) in [4.78, 5) is 0. The van der Waals surface area contributed by atoms with Crippen molar-refractivity contribution in [2.45, 2.75) is 57.0 Å². The first-order valence-electron chi connectivity index (χ1n) is 6.92. The van der Waals surface area contributed by atoms with E-state index >= 15 is 0 Å². The van der Waals surface area contributed by atoms with Gasteiger partial charge in [-0.05, 0) is 46.1 Å². The van der Waals surface area contributed by atoms with Crippen LogP contribution in [-0.2, 0) is 10.2 Å². The van der Waals surface area contributed by atoms with Crippen molar-refractivity contribution in [1.29, 1.82) is 0 Å². The molecule has 1 aliphatic carbocycles. The van der Waals surface area contributed by atoms with Gasteiger partial charge in [0, 0.05) is 24.7 Å². The first-order chi connectivity index (χ1) is 8.47. The molecule has 0 aromatic heterocycles. The van der Waals surface area contributed by atoms with Crippen LogP contribution in [0, 0.1) is 0 Å². The summed E-state index contributed by atoms with van der Waals surface area (Å²) in [5.74, 6) is 0. The Balaban J connectivity index is 2.06. The van der Waals surface area contributed by atoms with Gasteiger partial charge in [-0.15, -0.1) is 0 Å². The molecule has 0 bridgehead atoms. The van der Waals surface area contributed by atoms with Crippen LogP contribution in [0.5, 0.6) is 0 Å². The number of hydrogen-bond donors (Lipinski definition) is 2. The van der Waals surface area contributed by atoms with E-state index in [1.54, 1.807) is 4.31 Å². The van der Waals surface area contributed by atoms with Crippen molar-refractivity contribution in [3.8, 4) is 0 Å². The first-order valence-corrected chi connectivity index (χ1v) is 8.36. The minimum Gasteiger partial charge on any atom is -0.318 e. The third kappa shape index (κ3) is 3.04. The van der Waals surface area contributed by atoms with E-state index in [1.807, 2.05) is 14.0 Å². The predicted octanol–water partition coefficient (Wildman–Crippen LogP) is 0.837. The van der Waals surface area contributed by atoms with E-state index in [0.717, 1.165) is 45.1 Å². The summed E-state index contributed by atoms with van der Waals surface area (Å²) in [7, 11) is -1.45. The Morgan fingerprint density at radius 1 is 1.28 bits per heavy atom. The van der Waals surface area contributed by atoms with E-state index in [4.69, 9.17) is 0 Å². The lowest BCUT2D eigenvalue weighted by Gasteiger charge is -2.42. The van der Waals surface area contributed by atoms with Crippen LogP contribution < -0.4 is 10.0 Å². The molecule has 2 rings (SSSR count). The fraction of sp³-hybridized carbons (Fsp3) is 1.00. The van der Waals surface area contributed by atoms with Crippen molar-refractivity contribution < 1.29 is 8.42 Å². The maximum atomic E-state index is 12.5. The summed E-state index contributed by atoms with van der Waals surface area (Å²) in [5, 5.41) is 3.10. The molecule has 18 heavy (non-hydrogen) atoms. The first kappa shape index (κ1) is 14.2. The highest BCUT2D eigenvalue weighted by atomic mass is 32.2. The summed E-state index contributed by atoms with van der Waals surface area (Å²) < 4.78 is 29.5. The Hall–Kier alpha value is -0.170. The zero-order valence-electron chi connectivity index (χ0n) is 11.4. The van der Waals surface area contributed by atoms with Gasteiger partial charge in [-0.3, -0.25) is 0 Å². The number of nitrogens with zero attached hydrogens (tertiary/aromatic N) is 1. The summed E-state index contributed by atoms with van der Waals surface area (Å²) in [6.07, 6.45) is 6.08. The van der Waals surface area contributed by atoms with E-state index in [0.29, 0.717) is 6.54 Å². The predicted molar refractivity (Wildman–Crippen MR) is 72.6 cm³/mol. The molecule has 1 saturated heterocycles. The summed E-state index contributed by atoms with van der Waals surface area (Å²) in [6.45, 7) is 3.39. The molecular formula is C12H25N3O2S. The van der Waals surface area contributed by atoms with Gasteiger partial charge >= 0.3 is 0 Å². The fourth-order valence-corrected chi connectivity index (χ4v) is 4.80. The molecule has 0 radical (unpaired) electrons. The van der Waals surface area contributed by atoms with Crippen LogP contribution >= 0.6 is 0 Å². The van der Waals surface area contributed by atoms with Crippen LogP contribution in [0.15, 0.2) is 0 Å². The molecule has 1 aliphatic heterocycles. The van der Waals surface area contributed by atoms with Gasteiger partial charge in [-0.1, -0.05) is 6.42 Å². The Morgan fingerprint density at radius 3 is 2.56 bits per heavy atom. The lowest BCUT2D eigenvalue weighted by Crippen LogP contribution is -2.59. The van der Waals surface area contributed by atoms with Crippen molar-refractivity contribution in [3.63, 3.8) is 0 Å². The molecule has 0 aromatic carbocycles. The number of likely N-dealkylation sites (N-methyl/N-ethyl adjacent to an activating group) is 1. The SMILES string of the molecule is CNCC1CCCCN1S(=O)(=O)NC1(C)CCC1. The number of piperidine rings is 1. The van der Waals surface area contributed by atoms with E-state index < -0.39 is 10.2 Å². The van der Waals surface area contributed by atoms with Gasteiger partial charge in [0.15, 0.2) is 0 Å². The molecule has 0 spiro atoms. The van der Waals surface area contributed by atoms with E-state index in [1.165, 1.54) is 0 Å². The lowest BCUT2D eigenvalue weighted by atomic mass is 9.80. The Morgan fingerprint density at radius 2 is 2.00 bits per heavy atom. The fourth-order valence-electron chi connectivity index (χ4n) is 2.91. The number of hydrogen-bond acceptors (Lipinski definition) is 3. The monoisotopic (exact) mass is 275 g/mol. The van der Waals surface area contributed by atoms with E-state index in [2.05, 4.69) is 10.0 Å². The van der Waals surface area contributed by atoms with Crippen molar-refractivity contribution in [2.24, 2.45) is 0 Å². The highest BCUT2D eigenvalue weighted by Crippen LogP contribution is 2.32. The van der Waals surface area contributed by atoms with Gasteiger partial charge in [0.05, 0.1) is 0 Å². The lowest BCUT2D eigenvalue weighted by molar-refractivity contribution is 0.215. The highest BCUT2D eigenvalue weighted by Gasteiger charge is 2.40. The molecule has 1 heterocycles.